The molecule has 4 heterocycles. The first-order valence-corrected chi connectivity index (χ1v) is 11.5. The Morgan fingerprint density at radius 1 is 1.25 bits per heavy atom. The van der Waals surface area contributed by atoms with Gasteiger partial charge in [0, 0.05) is 54.6 Å². The summed E-state index contributed by atoms with van der Waals surface area (Å²) in [4.78, 5) is 24.0. The molecule has 1 aliphatic heterocycles. The van der Waals surface area contributed by atoms with Crippen molar-refractivity contribution < 1.29 is 4.79 Å². The Bertz CT molecular complexity index is 1100. The molecule has 32 heavy (non-hydrogen) atoms. The molecule has 1 atom stereocenters. The Hall–Kier alpha value is -2.80. The van der Waals surface area contributed by atoms with Crippen molar-refractivity contribution in [2.24, 2.45) is 0 Å². The number of rotatable bonds is 6. The van der Waals surface area contributed by atoms with Gasteiger partial charge in [0.15, 0.2) is 5.65 Å². The average Bonchev–Trinajstić information content (AvgIpc) is 3.34. The van der Waals surface area contributed by atoms with Gasteiger partial charge in [-0.1, -0.05) is 6.07 Å². The lowest BCUT2D eigenvalue weighted by molar-refractivity contribution is -0.122. The van der Waals surface area contributed by atoms with Gasteiger partial charge in [0.25, 0.3) is 0 Å². The van der Waals surface area contributed by atoms with Gasteiger partial charge in [-0.25, -0.2) is 9.50 Å². The molecule has 1 N–H and O–H groups in total. The summed E-state index contributed by atoms with van der Waals surface area (Å²) < 4.78 is 1.96. The van der Waals surface area contributed by atoms with Crippen LogP contribution in [0.25, 0.3) is 5.65 Å². The lowest BCUT2D eigenvalue weighted by Gasteiger charge is -2.20. The molecular formula is C25H34N6O. The largest absolute Gasteiger partial charge is 0.351 e. The molecule has 170 valence electrons. The predicted octanol–water partition coefficient (Wildman–Crippen LogP) is 3.58. The molecule has 3 aromatic heterocycles. The van der Waals surface area contributed by atoms with Gasteiger partial charge in [-0.05, 0) is 71.7 Å². The van der Waals surface area contributed by atoms with Crippen molar-refractivity contribution in [3.63, 3.8) is 0 Å². The van der Waals surface area contributed by atoms with Gasteiger partial charge >= 0.3 is 0 Å². The fourth-order valence-electron chi connectivity index (χ4n) is 4.56. The number of carbonyl (C=O) groups excluding carboxylic acids is 1. The summed E-state index contributed by atoms with van der Waals surface area (Å²) in [6, 6.07) is 8.21. The van der Waals surface area contributed by atoms with Crippen LogP contribution in [0, 0.1) is 13.8 Å². The average molecular weight is 435 g/mol. The van der Waals surface area contributed by atoms with Gasteiger partial charge in [0.1, 0.15) is 0 Å². The number of amides is 1. The number of hydrogen-bond acceptors (Lipinski definition) is 5. The van der Waals surface area contributed by atoms with Crippen LogP contribution in [-0.4, -0.2) is 49.0 Å². The Balaban J connectivity index is 1.47. The molecule has 0 bridgehead atoms. The van der Waals surface area contributed by atoms with E-state index in [1.807, 2.05) is 50.5 Å². The van der Waals surface area contributed by atoms with E-state index in [0.717, 1.165) is 60.0 Å². The number of nitrogens with one attached hydrogen (secondary N) is 1. The highest BCUT2D eigenvalue weighted by Gasteiger charge is 2.27. The van der Waals surface area contributed by atoms with Gasteiger partial charge < -0.3 is 5.32 Å². The van der Waals surface area contributed by atoms with Crippen molar-refractivity contribution in [2.75, 3.05) is 13.1 Å². The van der Waals surface area contributed by atoms with E-state index < -0.39 is 0 Å². The van der Waals surface area contributed by atoms with Crippen LogP contribution >= 0.6 is 0 Å². The number of aromatic nitrogens is 4. The number of hydrogen-bond donors (Lipinski definition) is 1. The minimum atomic E-state index is -0.216. The van der Waals surface area contributed by atoms with E-state index in [1.165, 1.54) is 0 Å². The summed E-state index contributed by atoms with van der Waals surface area (Å²) in [5.74, 6) is 0.470. The normalized spacial score (nSPS) is 17.2. The number of fused-ring (bicyclic) bond motifs is 1. The van der Waals surface area contributed by atoms with Crippen LogP contribution in [0.3, 0.4) is 0 Å². The quantitative estimate of drug-likeness (QED) is 0.642. The van der Waals surface area contributed by atoms with Crippen molar-refractivity contribution in [2.45, 2.75) is 71.9 Å². The molecule has 4 rings (SSSR count). The zero-order chi connectivity index (χ0) is 22.9. The molecule has 1 saturated heterocycles. The maximum Gasteiger partial charge on any atom is 0.220 e. The second kappa shape index (κ2) is 8.98. The van der Waals surface area contributed by atoms with Gasteiger partial charge in [0.2, 0.25) is 5.91 Å². The van der Waals surface area contributed by atoms with Crippen molar-refractivity contribution >= 4 is 11.6 Å². The van der Waals surface area contributed by atoms with E-state index in [1.54, 1.807) is 0 Å². The van der Waals surface area contributed by atoms with Crippen LogP contribution in [0.2, 0.25) is 0 Å². The number of aryl methyl sites for hydroxylation is 2. The van der Waals surface area contributed by atoms with Crippen LogP contribution in [0.5, 0.6) is 0 Å². The Kier molecular flexibility index (Phi) is 6.29. The van der Waals surface area contributed by atoms with Crippen LogP contribution < -0.4 is 5.32 Å². The minimum absolute atomic E-state index is 0.0662. The molecule has 1 aliphatic rings. The van der Waals surface area contributed by atoms with Crippen molar-refractivity contribution in [1.82, 2.24) is 29.8 Å². The maximum atomic E-state index is 12.3. The fourth-order valence-corrected chi connectivity index (χ4v) is 4.56. The van der Waals surface area contributed by atoms with Crippen LogP contribution in [0.4, 0.5) is 0 Å². The van der Waals surface area contributed by atoms with E-state index in [2.05, 4.69) is 34.3 Å². The lowest BCUT2D eigenvalue weighted by atomic mass is 10.0. The molecular weight excluding hydrogens is 400 g/mol. The molecule has 7 heteroatoms. The highest BCUT2D eigenvalue weighted by atomic mass is 16.1. The van der Waals surface area contributed by atoms with Crippen molar-refractivity contribution in [3.05, 3.63) is 58.8 Å². The number of carbonyl (C=O) groups is 1. The van der Waals surface area contributed by atoms with Crippen LogP contribution in [0.15, 0.2) is 30.5 Å². The minimum Gasteiger partial charge on any atom is -0.351 e. The molecule has 7 nitrogen and oxygen atoms in total. The van der Waals surface area contributed by atoms with Gasteiger partial charge in [-0.15, -0.1) is 0 Å². The summed E-state index contributed by atoms with van der Waals surface area (Å²) >= 11 is 0. The monoisotopic (exact) mass is 434 g/mol. The number of pyridine rings is 1. The summed E-state index contributed by atoms with van der Waals surface area (Å²) in [6.07, 6.45) is 4.06. The second-order valence-electron chi connectivity index (χ2n) is 9.94. The predicted molar refractivity (Wildman–Crippen MR) is 126 cm³/mol. The van der Waals surface area contributed by atoms with Gasteiger partial charge in [-0.3, -0.25) is 14.7 Å². The van der Waals surface area contributed by atoms with Crippen LogP contribution in [-0.2, 0) is 17.8 Å². The third-order valence-electron chi connectivity index (χ3n) is 6.10. The number of likely N-dealkylation sites (tertiary alicyclic amines) is 1. The topological polar surface area (TPSA) is 75.4 Å². The highest BCUT2D eigenvalue weighted by Crippen LogP contribution is 2.28. The maximum absolute atomic E-state index is 12.3. The van der Waals surface area contributed by atoms with E-state index in [9.17, 15) is 4.79 Å². The SMILES string of the molecule is Cc1nc2cc(C3CCN(Cc4ccccn4)C3)nn2c(C)c1CCC(=O)NC(C)(C)C. The van der Waals surface area contributed by atoms with Gasteiger partial charge in [0.05, 0.1) is 11.4 Å². The highest BCUT2D eigenvalue weighted by molar-refractivity contribution is 5.77. The molecule has 0 spiro atoms. The van der Waals surface area contributed by atoms with Crippen molar-refractivity contribution in [3.8, 4) is 0 Å². The Morgan fingerprint density at radius 2 is 2.06 bits per heavy atom. The molecule has 1 amide bonds. The molecule has 1 fully saturated rings. The third kappa shape index (κ3) is 5.15. The zero-order valence-electron chi connectivity index (χ0n) is 19.9. The lowest BCUT2D eigenvalue weighted by Crippen LogP contribution is -2.40. The van der Waals surface area contributed by atoms with E-state index >= 15 is 0 Å². The molecule has 1 unspecified atom stereocenters. The van der Waals surface area contributed by atoms with E-state index in [-0.39, 0.29) is 11.4 Å². The van der Waals surface area contributed by atoms with E-state index in [4.69, 9.17) is 10.1 Å². The first-order chi connectivity index (χ1) is 15.2. The summed E-state index contributed by atoms with van der Waals surface area (Å²) in [7, 11) is 0. The molecule has 0 aromatic carbocycles. The van der Waals surface area contributed by atoms with Gasteiger partial charge in [-0.2, -0.15) is 5.10 Å². The smallest absolute Gasteiger partial charge is 0.220 e. The third-order valence-corrected chi connectivity index (χ3v) is 6.10. The summed E-state index contributed by atoms with van der Waals surface area (Å²) in [6.45, 7) is 13.0. The standard InChI is InChI=1S/C25H34N6O/c1-17-21(9-10-24(32)28-25(3,4)5)18(2)31-23(27-17)14-22(29-31)19-11-13-30(15-19)16-20-8-6-7-12-26-20/h6-8,12,14,19H,9-11,13,15-16H2,1-5H3,(H,28,32). The summed E-state index contributed by atoms with van der Waals surface area (Å²) in [5, 5.41) is 7.97. The Morgan fingerprint density at radius 3 is 2.78 bits per heavy atom. The first-order valence-electron chi connectivity index (χ1n) is 11.5. The second-order valence-corrected chi connectivity index (χ2v) is 9.94. The fraction of sp³-hybridized carbons (Fsp3) is 0.520. The molecule has 0 saturated carbocycles. The van der Waals surface area contributed by atoms with Crippen LogP contribution in [0.1, 0.15) is 67.9 Å². The van der Waals surface area contributed by atoms with E-state index in [0.29, 0.717) is 18.8 Å². The Labute approximate surface area is 190 Å². The zero-order valence-corrected chi connectivity index (χ0v) is 19.9. The van der Waals surface area contributed by atoms with Crippen molar-refractivity contribution in [1.29, 1.82) is 0 Å². The number of nitrogens with zero attached hydrogens (tertiary/aromatic N) is 5. The molecule has 3 aromatic rings. The molecule has 0 aliphatic carbocycles. The first kappa shape index (κ1) is 22.4. The molecule has 0 radical (unpaired) electrons. The summed E-state index contributed by atoms with van der Waals surface area (Å²) in [5.41, 5.74) is 6.05.